The van der Waals surface area contributed by atoms with Crippen LogP contribution in [-0.2, 0) is 9.47 Å². The molecule has 0 bridgehead atoms. The van der Waals surface area contributed by atoms with Crippen LogP contribution in [0.5, 0.6) is 0 Å². The molecule has 94 valence electrons. The summed E-state index contributed by atoms with van der Waals surface area (Å²) in [4.78, 5) is 11.7. The summed E-state index contributed by atoms with van der Waals surface area (Å²) < 4.78 is 10.5. The zero-order valence-corrected chi connectivity index (χ0v) is 11.1. The Labute approximate surface area is 97.7 Å². The summed E-state index contributed by atoms with van der Waals surface area (Å²) in [5, 5.41) is 2.89. The van der Waals surface area contributed by atoms with Gasteiger partial charge in [0.15, 0.2) is 0 Å². The first kappa shape index (κ1) is 13.3. The summed E-state index contributed by atoms with van der Waals surface area (Å²) in [6, 6.07) is 0.00218. The van der Waals surface area contributed by atoms with Crippen molar-refractivity contribution < 1.29 is 14.3 Å². The van der Waals surface area contributed by atoms with Crippen molar-refractivity contribution in [2.24, 2.45) is 5.41 Å². The molecule has 0 spiro atoms. The molecule has 1 amide bonds. The topological polar surface area (TPSA) is 50.9 Å². The summed E-state index contributed by atoms with van der Waals surface area (Å²) in [6.45, 7) is 12.5. The van der Waals surface area contributed by atoms with E-state index in [2.05, 4.69) is 26.1 Å². The lowest BCUT2D eigenvalue weighted by atomic mass is 9.85. The molecule has 1 saturated heterocycles. The van der Waals surface area contributed by atoms with Crippen molar-refractivity contribution in [2.75, 3.05) is 6.61 Å². The molecule has 16 heavy (non-hydrogen) atoms. The van der Waals surface area contributed by atoms with E-state index in [4.69, 9.17) is 9.47 Å². The van der Waals surface area contributed by atoms with Crippen LogP contribution in [0.3, 0.4) is 0 Å². The van der Waals surface area contributed by atoms with Gasteiger partial charge in [-0.15, -0.1) is 0 Å². The van der Waals surface area contributed by atoms with Gasteiger partial charge in [0.05, 0.1) is 12.6 Å². The Morgan fingerprint density at radius 2 is 1.81 bits per heavy atom. The number of rotatable bonds is 2. The Kier molecular flexibility index (Phi) is 3.53. The highest BCUT2D eigenvalue weighted by atomic mass is 16.6. The molecule has 4 nitrogen and oxygen atoms in total. The lowest BCUT2D eigenvalue weighted by molar-refractivity contribution is 0.0445. The number of ether oxygens (including phenoxy) is 2. The molecule has 0 aromatic rings. The van der Waals surface area contributed by atoms with Crippen molar-refractivity contribution in [1.29, 1.82) is 0 Å². The zero-order valence-electron chi connectivity index (χ0n) is 11.1. The first-order valence-corrected chi connectivity index (χ1v) is 5.71. The summed E-state index contributed by atoms with van der Waals surface area (Å²) in [6.07, 6.45) is -0.240. The fourth-order valence-electron chi connectivity index (χ4n) is 1.55. The number of nitrogens with one attached hydrogen (secondary N) is 1. The van der Waals surface area contributed by atoms with E-state index < -0.39 is 5.60 Å². The fraction of sp³-hybridized carbons (Fsp3) is 0.917. The van der Waals surface area contributed by atoms with Crippen molar-refractivity contribution in [2.45, 2.75) is 59.3 Å². The van der Waals surface area contributed by atoms with Crippen LogP contribution in [0.15, 0.2) is 0 Å². The molecule has 1 unspecified atom stereocenters. The van der Waals surface area contributed by atoms with Gasteiger partial charge in [-0.2, -0.15) is 0 Å². The van der Waals surface area contributed by atoms with Crippen LogP contribution >= 0.6 is 0 Å². The van der Waals surface area contributed by atoms with Crippen LogP contribution in [-0.4, -0.2) is 30.4 Å². The van der Waals surface area contributed by atoms with Crippen LogP contribution in [0.4, 0.5) is 4.79 Å². The Bertz CT molecular complexity index is 258. The summed E-state index contributed by atoms with van der Waals surface area (Å²) in [5.74, 6) is 0. The molecular formula is C12H23NO3. The monoisotopic (exact) mass is 229 g/mol. The Morgan fingerprint density at radius 3 is 2.12 bits per heavy atom. The highest BCUT2D eigenvalue weighted by Gasteiger charge is 2.41. The van der Waals surface area contributed by atoms with E-state index in [1.165, 1.54) is 0 Å². The summed E-state index contributed by atoms with van der Waals surface area (Å²) in [5.41, 5.74) is -0.491. The van der Waals surface area contributed by atoms with Gasteiger partial charge in [-0.05, 0) is 26.2 Å². The molecule has 0 aromatic heterocycles. The van der Waals surface area contributed by atoms with Crippen LogP contribution in [0.25, 0.3) is 0 Å². The van der Waals surface area contributed by atoms with E-state index >= 15 is 0 Å². The molecular weight excluding hydrogens is 206 g/mol. The van der Waals surface area contributed by atoms with Gasteiger partial charge < -0.3 is 14.8 Å². The number of amides is 1. The number of carbonyl (C=O) groups is 1. The van der Waals surface area contributed by atoms with Gasteiger partial charge in [0.2, 0.25) is 0 Å². The molecule has 0 aliphatic carbocycles. The van der Waals surface area contributed by atoms with E-state index in [9.17, 15) is 4.79 Å². The minimum atomic E-state index is -0.461. The normalized spacial score (nSPS) is 22.5. The SMILES string of the molecule is CC(C)(C)OC(=O)NC([C@@H]1CO1)C(C)(C)C. The smallest absolute Gasteiger partial charge is 0.407 e. The molecule has 0 aromatic carbocycles. The third-order valence-electron chi connectivity index (χ3n) is 2.34. The highest BCUT2D eigenvalue weighted by Crippen LogP contribution is 2.29. The molecule has 1 rings (SSSR count). The minimum absolute atomic E-state index is 0.00218. The van der Waals surface area contributed by atoms with Gasteiger partial charge in [-0.3, -0.25) is 0 Å². The molecule has 1 heterocycles. The van der Waals surface area contributed by atoms with Crippen molar-refractivity contribution >= 4 is 6.09 Å². The number of hydrogen-bond donors (Lipinski definition) is 1. The lowest BCUT2D eigenvalue weighted by Crippen LogP contribution is -2.49. The Morgan fingerprint density at radius 1 is 1.31 bits per heavy atom. The maximum absolute atomic E-state index is 11.7. The molecule has 1 N–H and O–H groups in total. The van der Waals surface area contributed by atoms with Gasteiger partial charge in [0.1, 0.15) is 11.7 Å². The predicted molar refractivity (Wildman–Crippen MR) is 62.4 cm³/mol. The van der Waals surface area contributed by atoms with E-state index in [0.29, 0.717) is 0 Å². The maximum Gasteiger partial charge on any atom is 0.407 e. The minimum Gasteiger partial charge on any atom is -0.444 e. The quantitative estimate of drug-likeness (QED) is 0.739. The number of alkyl carbamates (subject to hydrolysis) is 1. The lowest BCUT2D eigenvalue weighted by Gasteiger charge is -2.31. The third kappa shape index (κ3) is 4.39. The molecule has 0 radical (unpaired) electrons. The van der Waals surface area contributed by atoms with Crippen LogP contribution in [0, 0.1) is 5.41 Å². The number of carbonyl (C=O) groups excluding carboxylic acids is 1. The van der Waals surface area contributed by atoms with Crippen LogP contribution in [0.2, 0.25) is 0 Å². The third-order valence-corrected chi connectivity index (χ3v) is 2.34. The molecule has 4 heteroatoms. The Hall–Kier alpha value is -0.770. The highest BCUT2D eigenvalue weighted by molar-refractivity contribution is 5.68. The van der Waals surface area contributed by atoms with Gasteiger partial charge in [0.25, 0.3) is 0 Å². The predicted octanol–water partition coefficient (Wildman–Crippen LogP) is 2.32. The van der Waals surface area contributed by atoms with E-state index in [-0.39, 0.29) is 23.7 Å². The second-order valence-electron chi connectivity index (χ2n) is 6.36. The first-order valence-electron chi connectivity index (χ1n) is 5.71. The van der Waals surface area contributed by atoms with Gasteiger partial charge in [0, 0.05) is 0 Å². The maximum atomic E-state index is 11.7. The molecule has 0 saturated carbocycles. The molecule has 1 fully saturated rings. The van der Waals surface area contributed by atoms with Crippen LogP contribution < -0.4 is 5.32 Å². The Balaban J connectivity index is 2.53. The average Bonchev–Trinajstić information content (AvgIpc) is 2.76. The van der Waals surface area contributed by atoms with Gasteiger partial charge >= 0.3 is 6.09 Å². The largest absolute Gasteiger partial charge is 0.444 e. The number of hydrogen-bond acceptors (Lipinski definition) is 3. The summed E-state index contributed by atoms with van der Waals surface area (Å²) >= 11 is 0. The van der Waals surface area contributed by atoms with E-state index in [1.54, 1.807) is 0 Å². The van der Waals surface area contributed by atoms with Gasteiger partial charge in [-0.25, -0.2) is 4.79 Å². The van der Waals surface area contributed by atoms with E-state index in [1.807, 2.05) is 20.8 Å². The summed E-state index contributed by atoms with van der Waals surface area (Å²) in [7, 11) is 0. The zero-order chi connectivity index (χ0) is 12.6. The van der Waals surface area contributed by atoms with Crippen molar-refractivity contribution in [1.82, 2.24) is 5.32 Å². The van der Waals surface area contributed by atoms with Crippen molar-refractivity contribution in [3.05, 3.63) is 0 Å². The molecule has 2 atom stereocenters. The molecule has 1 aliphatic heterocycles. The van der Waals surface area contributed by atoms with Crippen molar-refractivity contribution in [3.63, 3.8) is 0 Å². The standard InChI is InChI=1S/C12H23NO3/c1-11(2,3)9(8-7-15-8)13-10(14)16-12(4,5)6/h8-9H,7H2,1-6H3,(H,13,14)/t8-,9?/m0/s1. The van der Waals surface area contributed by atoms with Crippen LogP contribution in [0.1, 0.15) is 41.5 Å². The van der Waals surface area contributed by atoms with Crippen molar-refractivity contribution in [3.8, 4) is 0 Å². The average molecular weight is 229 g/mol. The van der Waals surface area contributed by atoms with E-state index in [0.717, 1.165) is 6.61 Å². The van der Waals surface area contributed by atoms with Gasteiger partial charge in [-0.1, -0.05) is 20.8 Å². The number of epoxide rings is 1. The second-order valence-corrected chi connectivity index (χ2v) is 6.36. The second kappa shape index (κ2) is 4.24. The first-order chi connectivity index (χ1) is 7.09. The fourth-order valence-corrected chi connectivity index (χ4v) is 1.55. The molecule has 1 aliphatic rings.